The SMILES string of the molecule is O=C1C=C2SC(=S)NN2CCC1. The second-order valence-electron chi connectivity index (χ2n) is 2.71. The Balaban J connectivity index is 2.24. The molecule has 2 aliphatic heterocycles. The lowest BCUT2D eigenvalue weighted by atomic mass is 10.2. The summed E-state index contributed by atoms with van der Waals surface area (Å²) in [5, 5.41) is 2.89. The maximum absolute atomic E-state index is 11.1. The summed E-state index contributed by atoms with van der Waals surface area (Å²) < 4.78 is 0.732. The van der Waals surface area contributed by atoms with Gasteiger partial charge in [0.25, 0.3) is 0 Å². The molecule has 3 nitrogen and oxygen atoms in total. The number of allylic oxidation sites excluding steroid dienone is 1. The van der Waals surface area contributed by atoms with Crippen LogP contribution in [0, 0.1) is 0 Å². The van der Waals surface area contributed by atoms with Crippen molar-refractivity contribution in [3.8, 4) is 0 Å². The topological polar surface area (TPSA) is 32.3 Å². The van der Waals surface area contributed by atoms with Crippen LogP contribution in [-0.4, -0.2) is 21.7 Å². The molecule has 0 spiro atoms. The van der Waals surface area contributed by atoms with Gasteiger partial charge in [-0.1, -0.05) is 12.2 Å². The zero-order chi connectivity index (χ0) is 8.55. The summed E-state index contributed by atoms with van der Waals surface area (Å²) in [4.78, 5) is 11.1. The Bertz CT molecular complexity index is 275. The monoisotopic (exact) mass is 200 g/mol. The molecule has 1 saturated heterocycles. The molecule has 0 aromatic rings. The van der Waals surface area contributed by atoms with Gasteiger partial charge in [-0.3, -0.25) is 15.2 Å². The number of hydrogen-bond donors (Lipinski definition) is 1. The van der Waals surface area contributed by atoms with Crippen molar-refractivity contribution in [3.05, 3.63) is 11.1 Å². The van der Waals surface area contributed by atoms with E-state index in [9.17, 15) is 4.79 Å². The van der Waals surface area contributed by atoms with Crippen LogP contribution in [0.15, 0.2) is 11.1 Å². The molecule has 12 heavy (non-hydrogen) atoms. The van der Waals surface area contributed by atoms with Crippen LogP contribution in [0.2, 0.25) is 0 Å². The molecule has 2 aliphatic rings. The molecule has 0 aromatic heterocycles. The lowest BCUT2D eigenvalue weighted by molar-refractivity contribution is -0.114. The first-order valence-electron chi connectivity index (χ1n) is 3.76. The number of rotatable bonds is 0. The van der Waals surface area contributed by atoms with Gasteiger partial charge in [0.2, 0.25) is 0 Å². The Kier molecular flexibility index (Phi) is 2.06. The zero-order valence-electron chi connectivity index (χ0n) is 6.37. The third-order valence-electron chi connectivity index (χ3n) is 1.78. The second kappa shape index (κ2) is 3.06. The first kappa shape index (κ1) is 8.07. The minimum atomic E-state index is 0.200. The molecule has 0 amide bonds. The summed E-state index contributed by atoms with van der Waals surface area (Å²) in [6.45, 7) is 0.866. The third kappa shape index (κ3) is 1.47. The van der Waals surface area contributed by atoms with Gasteiger partial charge in [-0.2, -0.15) is 0 Å². The van der Waals surface area contributed by atoms with Gasteiger partial charge in [-0.25, -0.2) is 0 Å². The first-order valence-corrected chi connectivity index (χ1v) is 4.99. The van der Waals surface area contributed by atoms with E-state index < -0.39 is 0 Å². The maximum Gasteiger partial charge on any atom is 0.158 e. The summed E-state index contributed by atoms with van der Waals surface area (Å²) in [5.74, 6) is 0.200. The lowest BCUT2D eigenvalue weighted by Crippen LogP contribution is -2.31. The van der Waals surface area contributed by atoms with Crippen LogP contribution in [-0.2, 0) is 4.79 Å². The average Bonchev–Trinajstić information content (AvgIpc) is 2.23. The Morgan fingerprint density at radius 1 is 1.67 bits per heavy atom. The zero-order valence-corrected chi connectivity index (χ0v) is 8.00. The van der Waals surface area contributed by atoms with Crippen LogP contribution < -0.4 is 5.43 Å². The molecule has 0 atom stereocenters. The van der Waals surface area contributed by atoms with Crippen molar-refractivity contribution in [2.45, 2.75) is 12.8 Å². The summed E-state index contributed by atoms with van der Waals surface area (Å²) in [6.07, 6.45) is 3.22. The van der Waals surface area contributed by atoms with Crippen molar-refractivity contribution in [1.82, 2.24) is 10.4 Å². The van der Waals surface area contributed by atoms with E-state index in [2.05, 4.69) is 5.43 Å². The number of nitrogens with zero attached hydrogens (tertiary/aromatic N) is 1. The Morgan fingerprint density at radius 3 is 3.33 bits per heavy atom. The molecule has 0 aliphatic carbocycles. The Hall–Kier alpha value is -0.550. The van der Waals surface area contributed by atoms with Crippen molar-refractivity contribution >= 4 is 34.1 Å². The molecule has 1 N–H and O–H groups in total. The highest BCUT2D eigenvalue weighted by Crippen LogP contribution is 2.28. The van der Waals surface area contributed by atoms with Gasteiger partial charge in [-0.05, 0) is 18.2 Å². The molecule has 0 aromatic carbocycles. The fraction of sp³-hybridized carbons (Fsp3) is 0.429. The number of hydrogen-bond acceptors (Lipinski definition) is 4. The number of fused-ring (bicyclic) bond motifs is 1. The van der Waals surface area contributed by atoms with E-state index in [1.807, 2.05) is 5.01 Å². The van der Waals surface area contributed by atoms with Gasteiger partial charge in [0.15, 0.2) is 10.1 Å². The summed E-state index contributed by atoms with van der Waals surface area (Å²) >= 11 is 6.43. The standard InChI is InChI=1S/C7H8N2OS2/c10-5-2-1-3-9-6(4-5)12-7(11)8-9/h4H,1-3H2,(H,8,11). The van der Waals surface area contributed by atoms with Crippen LogP contribution in [0.3, 0.4) is 0 Å². The van der Waals surface area contributed by atoms with Crippen LogP contribution in [0.25, 0.3) is 0 Å². The van der Waals surface area contributed by atoms with Gasteiger partial charge in [0, 0.05) is 19.0 Å². The van der Waals surface area contributed by atoms with Crippen LogP contribution in [0.1, 0.15) is 12.8 Å². The van der Waals surface area contributed by atoms with Gasteiger partial charge in [0.05, 0.1) is 0 Å². The highest BCUT2D eigenvalue weighted by atomic mass is 32.2. The van der Waals surface area contributed by atoms with Crippen molar-refractivity contribution in [2.24, 2.45) is 0 Å². The number of carbonyl (C=O) groups excluding carboxylic acids is 1. The van der Waals surface area contributed by atoms with Crippen molar-refractivity contribution in [2.75, 3.05) is 6.54 Å². The fourth-order valence-corrected chi connectivity index (χ4v) is 2.38. The quantitative estimate of drug-likeness (QED) is 0.590. The van der Waals surface area contributed by atoms with E-state index in [1.165, 1.54) is 11.8 Å². The van der Waals surface area contributed by atoms with Gasteiger partial charge in [-0.15, -0.1) is 0 Å². The normalized spacial score (nSPS) is 23.0. The average molecular weight is 200 g/mol. The molecular weight excluding hydrogens is 192 g/mol. The molecule has 2 heterocycles. The Labute approximate surface area is 80.2 Å². The predicted octanol–water partition coefficient (Wildman–Crippen LogP) is 1.03. The second-order valence-corrected chi connectivity index (χ2v) is 4.40. The molecule has 5 heteroatoms. The smallest absolute Gasteiger partial charge is 0.158 e. The molecule has 0 radical (unpaired) electrons. The largest absolute Gasteiger partial charge is 0.295 e. The highest BCUT2D eigenvalue weighted by Gasteiger charge is 2.24. The third-order valence-corrected chi connectivity index (χ3v) is 2.94. The van der Waals surface area contributed by atoms with Gasteiger partial charge >= 0.3 is 0 Å². The molecule has 2 rings (SSSR count). The molecular formula is C7H8N2OS2. The summed E-state index contributed by atoms with van der Waals surface area (Å²) in [7, 11) is 0. The molecule has 0 bridgehead atoms. The number of hydrazine groups is 1. The molecule has 64 valence electrons. The minimum absolute atomic E-state index is 0.200. The highest BCUT2D eigenvalue weighted by molar-refractivity contribution is 8.25. The van der Waals surface area contributed by atoms with Crippen molar-refractivity contribution < 1.29 is 4.79 Å². The van der Waals surface area contributed by atoms with E-state index in [0.717, 1.165) is 22.3 Å². The molecule has 0 saturated carbocycles. The number of ketones is 1. The summed E-state index contributed by atoms with van der Waals surface area (Å²) in [5.41, 5.74) is 3.02. The van der Waals surface area contributed by atoms with E-state index in [1.54, 1.807) is 6.08 Å². The van der Waals surface area contributed by atoms with Crippen molar-refractivity contribution in [1.29, 1.82) is 0 Å². The van der Waals surface area contributed by atoms with E-state index >= 15 is 0 Å². The summed E-state index contributed by atoms with van der Waals surface area (Å²) in [6, 6.07) is 0. The van der Waals surface area contributed by atoms with Crippen LogP contribution in [0.4, 0.5) is 0 Å². The predicted molar refractivity (Wildman–Crippen MR) is 52.4 cm³/mol. The number of nitrogens with one attached hydrogen (secondary N) is 1. The van der Waals surface area contributed by atoms with E-state index in [4.69, 9.17) is 12.2 Å². The van der Waals surface area contributed by atoms with E-state index in [-0.39, 0.29) is 5.78 Å². The number of thioether (sulfide) groups is 1. The van der Waals surface area contributed by atoms with Gasteiger partial charge in [0.1, 0.15) is 5.03 Å². The minimum Gasteiger partial charge on any atom is -0.295 e. The van der Waals surface area contributed by atoms with Gasteiger partial charge < -0.3 is 0 Å². The lowest BCUT2D eigenvalue weighted by Gasteiger charge is -2.15. The van der Waals surface area contributed by atoms with Crippen LogP contribution >= 0.6 is 24.0 Å². The Morgan fingerprint density at radius 2 is 2.50 bits per heavy atom. The number of thiocarbonyl (C=S) groups is 1. The first-order chi connectivity index (χ1) is 5.75. The fourth-order valence-electron chi connectivity index (χ4n) is 1.23. The van der Waals surface area contributed by atoms with Crippen LogP contribution in [0.5, 0.6) is 0 Å². The number of carbonyl (C=O) groups is 1. The molecule has 0 unspecified atom stereocenters. The van der Waals surface area contributed by atoms with Crippen molar-refractivity contribution in [3.63, 3.8) is 0 Å². The maximum atomic E-state index is 11.1. The molecule has 1 fully saturated rings. The van der Waals surface area contributed by atoms with E-state index in [0.29, 0.717) is 6.42 Å².